The number of piperidine rings is 1. The molecule has 6 aromatic rings. The predicted molar refractivity (Wildman–Crippen MR) is 163 cm³/mol. The number of aromatic nitrogens is 6. The van der Waals surface area contributed by atoms with E-state index in [0.717, 1.165) is 82.5 Å². The minimum absolute atomic E-state index is 0.384. The fraction of sp³-hybridized carbons (Fsp3) is 0.182. The van der Waals surface area contributed by atoms with Gasteiger partial charge in [0.1, 0.15) is 17.2 Å². The second kappa shape index (κ2) is 11.0. The lowest BCUT2D eigenvalue weighted by Gasteiger charge is -2.30. The molecular weight excluding hydrogens is 574 g/mol. The minimum Gasteiger partial charge on any atom is -0.323 e. The molecule has 0 amide bonds. The van der Waals surface area contributed by atoms with Crippen molar-refractivity contribution >= 4 is 21.6 Å². The Labute approximate surface area is 247 Å². The van der Waals surface area contributed by atoms with Gasteiger partial charge in [0, 0.05) is 47.4 Å². The first-order valence-electron chi connectivity index (χ1n) is 13.8. The Morgan fingerprint density at radius 3 is 2.44 bits per heavy atom. The average molecular weight is 602 g/mol. The first kappa shape index (κ1) is 25.8. The van der Waals surface area contributed by atoms with Crippen LogP contribution in [0.25, 0.3) is 39.7 Å². The fourth-order valence-corrected chi connectivity index (χ4v) is 5.92. The molecule has 41 heavy (non-hydrogen) atoms. The number of likely N-dealkylation sites (tertiary alicyclic amines) is 1. The highest BCUT2D eigenvalue weighted by Crippen LogP contribution is 2.35. The second-order valence-electron chi connectivity index (χ2n) is 10.5. The zero-order chi connectivity index (χ0) is 27.8. The number of nitrogens with zero attached hydrogens (tertiary/aromatic N) is 6. The maximum absolute atomic E-state index is 8.22. The van der Waals surface area contributed by atoms with Crippen molar-refractivity contribution in [1.82, 2.24) is 34.4 Å². The second-order valence-corrected chi connectivity index (χ2v) is 11.3. The number of benzene rings is 2. The van der Waals surface area contributed by atoms with Gasteiger partial charge in [-0.05, 0) is 71.2 Å². The molecule has 0 saturated carbocycles. The highest BCUT2D eigenvalue weighted by molar-refractivity contribution is 9.10. The summed E-state index contributed by atoms with van der Waals surface area (Å²) in [7, 11) is 0. The molecule has 1 N–H and O–H groups in total. The van der Waals surface area contributed by atoms with Crippen LogP contribution >= 0.6 is 15.9 Å². The topological polar surface area (TPSA) is 75.0 Å². The maximum Gasteiger partial charge on any atom is 0.179 e. The number of H-pyrrole nitrogens is 1. The molecule has 4 aromatic heterocycles. The van der Waals surface area contributed by atoms with Crippen molar-refractivity contribution in [3.63, 3.8) is 0 Å². The van der Waals surface area contributed by atoms with Gasteiger partial charge in [-0.15, -0.1) is 10.2 Å². The lowest BCUT2D eigenvalue weighted by molar-refractivity contribution is 0.202. The summed E-state index contributed by atoms with van der Waals surface area (Å²) in [6.45, 7) is 11.2. The minimum atomic E-state index is 0.384. The van der Waals surface area contributed by atoms with Crippen molar-refractivity contribution in [3.8, 4) is 34.0 Å². The van der Waals surface area contributed by atoms with E-state index in [4.69, 9.17) is 11.9 Å². The summed E-state index contributed by atoms with van der Waals surface area (Å²) in [6, 6.07) is 26.7. The van der Waals surface area contributed by atoms with Gasteiger partial charge >= 0.3 is 0 Å². The summed E-state index contributed by atoms with van der Waals surface area (Å²) in [4.78, 5) is 15.2. The molecule has 1 aliphatic heterocycles. The summed E-state index contributed by atoms with van der Waals surface area (Å²) in [5.74, 6) is 2.08. The summed E-state index contributed by atoms with van der Waals surface area (Å²) in [6.07, 6.45) is 5.80. The third-order valence-electron chi connectivity index (χ3n) is 7.78. The SMILES string of the molecule is [C]c1cc2nc(-c3ccc(CN4CCC(c5nnc(-c6ccccn6)[nH]5)CC4)cc3)c(-c3ccccc3)n2cc1Br. The summed E-state index contributed by atoms with van der Waals surface area (Å²) < 4.78 is 2.81. The Kier molecular flexibility index (Phi) is 6.94. The Hall–Kier alpha value is -4.14. The van der Waals surface area contributed by atoms with Crippen LogP contribution in [0.2, 0.25) is 0 Å². The van der Waals surface area contributed by atoms with Crippen LogP contribution in [0.3, 0.4) is 0 Å². The lowest BCUT2D eigenvalue weighted by Crippen LogP contribution is -2.32. The van der Waals surface area contributed by atoms with Crippen molar-refractivity contribution < 1.29 is 0 Å². The van der Waals surface area contributed by atoms with Gasteiger partial charge < -0.3 is 4.98 Å². The molecule has 0 spiro atoms. The zero-order valence-corrected chi connectivity index (χ0v) is 23.9. The molecule has 2 aromatic carbocycles. The standard InChI is InChI=1S/C33H27BrN7/c1-22-19-29-36-30(31(41(29)21-27(22)34)25-7-3-2-4-8-25)24-12-10-23(11-13-24)20-40-17-14-26(15-18-40)32-37-33(39-38-32)28-9-5-6-16-35-28/h2-13,16,19,21,26H,14-15,17-18,20H2,(H,37,38,39). The smallest absolute Gasteiger partial charge is 0.179 e. The largest absolute Gasteiger partial charge is 0.323 e. The van der Waals surface area contributed by atoms with Gasteiger partial charge in [-0.2, -0.15) is 0 Å². The first-order valence-corrected chi connectivity index (χ1v) is 14.6. The molecule has 0 bridgehead atoms. The normalized spacial score (nSPS) is 14.6. The van der Waals surface area contributed by atoms with E-state index in [1.807, 2.05) is 42.6 Å². The Balaban J connectivity index is 1.06. The van der Waals surface area contributed by atoms with E-state index in [0.29, 0.717) is 11.5 Å². The van der Waals surface area contributed by atoms with Gasteiger partial charge in [0.25, 0.3) is 0 Å². The third kappa shape index (κ3) is 5.21. The summed E-state index contributed by atoms with van der Waals surface area (Å²) >= 11 is 3.52. The molecule has 8 heteroatoms. The van der Waals surface area contributed by atoms with E-state index in [1.54, 1.807) is 12.3 Å². The van der Waals surface area contributed by atoms with Crippen LogP contribution in [0.1, 0.15) is 35.7 Å². The molecule has 1 saturated heterocycles. The first-order chi connectivity index (χ1) is 20.1. The number of halogens is 1. The van der Waals surface area contributed by atoms with Gasteiger partial charge in [0.15, 0.2) is 5.82 Å². The van der Waals surface area contributed by atoms with Gasteiger partial charge in [-0.1, -0.05) is 60.7 Å². The van der Waals surface area contributed by atoms with E-state index in [-0.39, 0.29) is 0 Å². The molecule has 7 rings (SSSR count). The van der Waals surface area contributed by atoms with Crippen LogP contribution in [0.15, 0.2) is 95.7 Å². The molecule has 7 nitrogen and oxygen atoms in total. The van der Waals surface area contributed by atoms with Crippen molar-refractivity contribution in [3.05, 3.63) is 120 Å². The zero-order valence-electron chi connectivity index (χ0n) is 22.3. The quantitative estimate of drug-likeness (QED) is 0.224. The Morgan fingerprint density at radius 2 is 1.68 bits per heavy atom. The van der Waals surface area contributed by atoms with E-state index >= 15 is 0 Å². The predicted octanol–water partition coefficient (Wildman–Crippen LogP) is 6.93. The molecule has 5 heterocycles. The molecular formula is C33H27BrN7. The van der Waals surface area contributed by atoms with Gasteiger partial charge in [-0.25, -0.2) is 4.98 Å². The number of pyridine rings is 2. The van der Waals surface area contributed by atoms with Crippen molar-refractivity contribution in [2.24, 2.45) is 0 Å². The van der Waals surface area contributed by atoms with Crippen molar-refractivity contribution in [1.29, 1.82) is 0 Å². The average Bonchev–Trinajstić information content (AvgIpc) is 3.65. The number of hydrogen-bond donors (Lipinski definition) is 1. The van der Waals surface area contributed by atoms with Crippen molar-refractivity contribution in [2.45, 2.75) is 25.3 Å². The number of imidazole rings is 1. The summed E-state index contributed by atoms with van der Waals surface area (Å²) in [5, 5.41) is 8.76. The van der Waals surface area contributed by atoms with E-state index in [2.05, 4.69) is 81.8 Å². The highest BCUT2D eigenvalue weighted by atomic mass is 79.9. The molecule has 3 radical (unpaired) electrons. The van der Waals surface area contributed by atoms with Crippen LogP contribution in [-0.2, 0) is 6.54 Å². The van der Waals surface area contributed by atoms with E-state index < -0.39 is 0 Å². The number of fused-ring (bicyclic) bond motifs is 1. The number of rotatable bonds is 6. The van der Waals surface area contributed by atoms with Crippen molar-refractivity contribution in [2.75, 3.05) is 13.1 Å². The van der Waals surface area contributed by atoms with Gasteiger partial charge in [0.05, 0.1) is 11.4 Å². The van der Waals surface area contributed by atoms with Gasteiger partial charge in [-0.3, -0.25) is 14.3 Å². The van der Waals surface area contributed by atoms with Crippen LogP contribution < -0.4 is 0 Å². The number of aromatic amines is 1. The molecule has 0 atom stereocenters. The molecule has 1 fully saturated rings. The maximum atomic E-state index is 8.22. The van der Waals surface area contributed by atoms with E-state index in [1.165, 1.54) is 5.56 Å². The molecule has 0 unspecified atom stereocenters. The summed E-state index contributed by atoms with van der Waals surface area (Å²) in [5.41, 5.74) is 7.37. The number of hydrogen-bond acceptors (Lipinski definition) is 5. The van der Waals surface area contributed by atoms with Crippen LogP contribution in [0, 0.1) is 6.92 Å². The van der Waals surface area contributed by atoms with Gasteiger partial charge in [0.2, 0.25) is 0 Å². The monoisotopic (exact) mass is 600 g/mol. The number of nitrogens with one attached hydrogen (secondary N) is 1. The molecule has 201 valence electrons. The van der Waals surface area contributed by atoms with Crippen LogP contribution in [-0.4, -0.2) is 47.5 Å². The van der Waals surface area contributed by atoms with E-state index in [9.17, 15) is 0 Å². The Morgan fingerprint density at radius 1 is 0.902 bits per heavy atom. The Bertz CT molecular complexity index is 1790. The molecule has 0 aliphatic carbocycles. The van der Waals surface area contributed by atoms with Crippen LogP contribution in [0.5, 0.6) is 0 Å². The molecule has 1 aliphatic rings. The third-order valence-corrected chi connectivity index (χ3v) is 8.41. The highest BCUT2D eigenvalue weighted by Gasteiger charge is 2.24. The van der Waals surface area contributed by atoms with Crippen LogP contribution in [0.4, 0.5) is 0 Å². The fourth-order valence-electron chi connectivity index (χ4n) is 5.60. The lowest BCUT2D eigenvalue weighted by atomic mass is 9.95.